The van der Waals surface area contributed by atoms with Crippen LogP contribution in [0.3, 0.4) is 0 Å². The number of fused-ring (bicyclic) bond motifs is 1. The lowest BCUT2D eigenvalue weighted by Crippen LogP contribution is -2.19. The molecule has 0 saturated heterocycles. The maximum Gasteiger partial charge on any atom is 0.253 e. The predicted molar refractivity (Wildman–Crippen MR) is 61.7 cm³/mol. The van der Waals surface area contributed by atoms with E-state index in [1.807, 2.05) is 0 Å². The maximum absolute atomic E-state index is 11.7. The Balaban J connectivity index is 3.05. The van der Waals surface area contributed by atoms with Crippen LogP contribution in [0.5, 0.6) is 0 Å². The summed E-state index contributed by atoms with van der Waals surface area (Å²) in [7, 11) is 1.68. The zero-order valence-corrected chi connectivity index (χ0v) is 9.73. The number of nitrogens with zero attached hydrogens (tertiary/aromatic N) is 2. The van der Waals surface area contributed by atoms with Crippen LogP contribution in [0.25, 0.3) is 10.9 Å². The summed E-state index contributed by atoms with van der Waals surface area (Å²) in [6.07, 6.45) is 0. The largest absolute Gasteiger partial charge is 0.311 e. The first kappa shape index (κ1) is 10.5. The molecule has 0 aliphatic heterocycles. The lowest BCUT2D eigenvalue weighted by molar-refractivity contribution is 0.892. The van der Waals surface area contributed by atoms with E-state index in [4.69, 9.17) is 23.2 Å². The number of halogens is 2. The Morgan fingerprint density at radius 1 is 1.33 bits per heavy atom. The molecule has 0 bridgehead atoms. The van der Waals surface area contributed by atoms with Crippen LogP contribution >= 0.6 is 23.2 Å². The second-order valence-electron chi connectivity index (χ2n) is 3.36. The summed E-state index contributed by atoms with van der Waals surface area (Å²) >= 11 is 11.7. The Hall–Kier alpha value is -1.06. The monoisotopic (exact) mass is 242 g/mol. The van der Waals surface area contributed by atoms with Crippen LogP contribution in [0.15, 0.2) is 16.9 Å². The maximum atomic E-state index is 11.7. The molecule has 0 radical (unpaired) electrons. The van der Waals surface area contributed by atoms with Crippen molar-refractivity contribution in [3.8, 4) is 0 Å². The van der Waals surface area contributed by atoms with Crippen LogP contribution in [0.4, 0.5) is 0 Å². The molecule has 0 unspecified atom stereocenters. The lowest BCUT2D eigenvalue weighted by atomic mass is 10.2. The van der Waals surface area contributed by atoms with Gasteiger partial charge in [-0.25, -0.2) is 4.98 Å². The Labute approximate surface area is 96.3 Å². The van der Waals surface area contributed by atoms with Crippen molar-refractivity contribution in [2.45, 2.75) is 6.92 Å². The van der Waals surface area contributed by atoms with E-state index < -0.39 is 0 Å². The van der Waals surface area contributed by atoms with Crippen LogP contribution in [0, 0.1) is 6.92 Å². The van der Waals surface area contributed by atoms with Crippen molar-refractivity contribution in [2.75, 3.05) is 0 Å². The van der Waals surface area contributed by atoms with Crippen molar-refractivity contribution in [3.63, 3.8) is 0 Å². The molecule has 0 fully saturated rings. The molecule has 0 N–H and O–H groups in total. The first-order valence-corrected chi connectivity index (χ1v) is 5.08. The zero-order chi connectivity index (χ0) is 11.2. The van der Waals surface area contributed by atoms with Gasteiger partial charge in [0, 0.05) is 18.0 Å². The van der Waals surface area contributed by atoms with Crippen LogP contribution in [-0.2, 0) is 7.05 Å². The quantitative estimate of drug-likeness (QED) is 0.666. The molecule has 2 heterocycles. The van der Waals surface area contributed by atoms with E-state index in [2.05, 4.69) is 4.98 Å². The molecule has 2 aromatic heterocycles. The molecule has 0 aromatic carbocycles. The molecule has 3 nitrogen and oxygen atoms in total. The number of hydrogen-bond donors (Lipinski definition) is 0. The molecule has 2 rings (SSSR count). The summed E-state index contributed by atoms with van der Waals surface area (Å²) in [5.41, 5.74) is 1.27. The summed E-state index contributed by atoms with van der Waals surface area (Å²) in [6.45, 7) is 1.74. The lowest BCUT2D eigenvalue weighted by Gasteiger charge is -2.07. The molecule has 0 saturated carbocycles. The second-order valence-corrected chi connectivity index (χ2v) is 4.11. The molecule has 0 spiro atoms. The van der Waals surface area contributed by atoms with Gasteiger partial charge in [-0.2, -0.15) is 0 Å². The Morgan fingerprint density at radius 2 is 2.00 bits per heavy atom. The Morgan fingerprint density at radius 3 is 2.67 bits per heavy atom. The molecule has 5 heteroatoms. The zero-order valence-electron chi connectivity index (χ0n) is 8.21. The number of rotatable bonds is 0. The highest BCUT2D eigenvalue weighted by molar-refractivity contribution is 6.36. The third kappa shape index (κ3) is 1.62. The van der Waals surface area contributed by atoms with Crippen molar-refractivity contribution in [1.29, 1.82) is 0 Å². The van der Waals surface area contributed by atoms with Crippen LogP contribution < -0.4 is 5.56 Å². The van der Waals surface area contributed by atoms with Crippen LogP contribution in [-0.4, -0.2) is 9.55 Å². The summed E-state index contributed by atoms with van der Waals surface area (Å²) in [5, 5.41) is 1.34. The molecule has 0 aliphatic rings. The van der Waals surface area contributed by atoms with E-state index >= 15 is 0 Å². The summed E-state index contributed by atoms with van der Waals surface area (Å²) in [4.78, 5) is 15.6. The third-order valence-electron chi connectivity index (χ3n) is 2.32. The van der Waals surface area contributed by atoms with Crippen molar-refractivity contribution in [1.82, 2.24) is 9.55 Å². The molecular weight excluding hydrogens is 235 g/mol. The van der Waals surface area contributed by atoms with Gasteiger partial charge in [0.1, 0.15) is 10.3 Å². The number of pyridine rings is 2. The number of hydrogen-bond acceptors (Lipinski definition) is 2. The van der Waals surface area contributed by atoms with Crippen molar-refractivity contribution in [2.24, 2.45) is 7.05 Å². The van der Waals surface area contributed by atoms with Gasteiger partial charge in [0.2, 0.25) is 0 Å². The minimum Gasteiger partial charge on any atom is -0.311 e. The molecule has 15 heavy (non-hydrogen) atoms. The average molecular weight is 243 g/mol. The van der Waals surface area contributed by atoms with Gasteiger partial charge in [-0.15, -0.1) is 0 Å². The van der Waals surface area contributed by atoms with Crippen molar-refractivity contribution in [3.05, 3.63) is 38.4 Å². The second kappa shape index (κ2) is 3.51. The minimum atomic E-state index is -0.0548. The SMILES string of the molecule is Cc1cc2c(Cl)nc(Cl)cc2n(C)c1=O. The van der Waals surface area contributed by atoms with Gasteiger partial charge < -0.3 is 4.57 Å². The van der Waals surface area contributed by atoms with Crippen molar-refractivity contribution >= 4 is 34.1 Å². The molecular formula is C10H8Cl2N2O. The molecule has 2 aromatic rings. The van der Waals surface area contributed by atoms with Gasteiger partial charge in [-0.3, -0.25) is 4.79 Å². The Kier molecular flexibility index (Phi) is 2.44. The third-order valence-corrected chi connectivity index (χ3v) is 2.80. The predicted octanol–water partition coefficient (Wildman–Crippen LogP) is 2.55. The standard InChI is InChI=1S/C10H8Cl2N2O/c1-5-3-6-7(14(2)10(5)15)4-8(11)13-9(6)12/h3-4H,1-2H3. The molecule has 0 amide bonds. The minimum absolute atomic E-state index is 0.0548. The van der Waals surface area contributed by atoms with E-state index in [-0.39, 0.29) is 10.7 Å². The first-order valence-electron chi connectivity index (χ1n) is 4.33. The van der Waals surface area contributed by atoms with Gasteiger partial charge >= 0.3 is 0 Å². The van der Waals surface area contributed by atoms with Crippen LogP contribution in [0.2, 0.25) is 10.3 Å². The summed E-state index contributed by atoms with van der Waals surface area (Å²) in [6, 6.07) is 3.35. The van der Waals surface area contributed by atoms with Gasteiger partial charge in [-0.1, -0.05) is 23.2 Å². The highest BCUT2D eigenvalue weighted by Gasteiger charge is 2.08. The van der Waals surface area contributed by atoms with E-state index in [0.717, 1.165) is 5.39 Å². The summed E-state index contributed by atoms with van der Waals surface area (Å²) < 4.78 is 1.52. The van der Waals surface area contributed by atoms with E-state index in [0.29, 0.717) is 16.2 Å². The molecule has 78 valence electrons. The van der Waals surface area contributed by atoms with E-state index in [1.165, 1.54) is 4.57 Å². The fourth-order valence-corrected chi connectivity index (χ4v) is 2.02. The summed E-state index contributed by atoms with van der Waals surface area (Å²) in [5.74, 6) is 0. The van der Waals surface area contributed by atoms with Crippen LogP contribution in [0.1, 0.15) is 5.56 Å². The average Bonchev–Trinajstić information content (AvgIpc) is 2.17. The fraction of sp³-hybridized carbons (Fsp3) is 0.200. The molecule has 0 atom stereocenters. The van der Waals surface area contributed by atoms with Gasteiger partial charge in [-0.05, 0) is 19.1 Å². The van der Waals surface area contributed by atoms with Gasteiger partial charge in [0.05, 0.1) is 5.52 Å². The van der Waals surface area contributed by atoms with Gasteiger partial charge in [0.25, 0.3) is 5.56 Å². The van der Waals surface area contributed by atoms with E-state index in [9.17, 15) is 4.79 Å². The van der Waals surface area contributed by atoms with Gasteiger partial charge in [0.15, 0.2) is 0 Å². The number of aromatic nitrogens is 2. The van der Waals surface area contributed by atoms with E-state index in [1.54, 1.807) is 26.1 Å². The Bertz CT molecular complexity index is 604. The number of aryl methyl sites for hydroxylation is 2. The highest BCUT2D eigenvalue weighted by Crippen LogP contribution is 2.23. The normalized spacial score (nSPS) is 10.9. The smallest absolute Gasteiger partial charge is 0.253 e. The topological polar surface area (TPSA) is 34.9 Å². The first-order chi connectivity index (χ1) is 7.00. The molecule has 0 aliphatic carbocycles. The highest BCUT2D eigenvalue weighted by atomic mass is 35.5. The van der Waals surface area contributed by atoms with Crippen molar-refractivity contribution < 1.29 is 0 Å². The fourth-order valence-electron chi connectivity index (χ4n) is 1.55.